The molecule has 112 valence electrons. The first-order valence-electron chi connectivity index (χ1n) is 6.63. The quantitative estimate of drug-likeness (QED) is 0.846. The maximum absolute atomic E-state index is 12.1. The molecule has 2 aromatic rings. The molecular weight excluding hydrogens is 287 g/mol. The van der Waals surface area contributed by atoms with Crippen LogP contribution in [0.25, 0.3) is 0 Å². The van der Waals surface area contributed by atoms with E-state index in [-0.39, 0.29) is 0 Å². The monoisotopic (exact) mass is 306 g/mol. The van der Waals surface area contributed by atoms with Gasteiger partial charge in [-0.1, -0.05) is 12.1 Å². The Morgan fingerprint density at radius 3 is 1.48 bits per heavy atom. The summed E-state index contributed by atoms with van der Waals surface area (Å²) < 4.78 is 22.3. The summed E-state index contributed by atoms with van der Waals surface area (Å²) in [6, 6.07) is 10.4. The molecule has 0 aliphatic heterocycles. The number of benzene rings is 2. The lowest BCUT2D eigenvalue weighted by atomic mass is 10.1. The molecule has 0 bridgehead atoms. The van der Waals surface area contributed by atoms with Gasteiger partial charge in [-0.3, -0.25) is 4.89 Å². The molecule has 2 aromatic carbocycles. The van der Waals surface area contributed by atoms with E-state index in [0.29, 0.717) is 11.5 Å². The first-order valence-corrected chi connectivity index (χ1v) is 8.13. The Kier molecular flexibility index (Phi) is 4.40. The van der Waals surface area contributed by atoms with Crippen LogP contribution in [0.15, 0.2) is 36.4 Å². The van der Waals surface area contributed by atoms with Crippen molar-refractivity contribution in [2.75, 3.05) is 0 Å². The van der Waals surface area contributed by atoms with Crippen LogP contribution >= 0.6 is 7.82 Å². The van der Waals surface area contributed by atoms with Gasteiger partial charge >= 0.3 is 7.82 Å². The molecule has 0 aliphatic carbocycles. The van der Waals surface area contributed by atoms with Crippen molar-refractivity contribution in [3.05, 3.63) is 58.7 Å². The molecule has 2 rings (SSSR count). The van der Waals surface area contributed by atoms with Crippen molar-refractivity contribution >= 4 is 7.82 Å². The van der Waals surface area contributed by atoms with E-state index in [1.807, 2.05) is 39.8 Å². The van der Waals surface area contributed by atoms with Gasteiger partial charge in [0.1, 0.15) is 11.5 Å². The van der Waals surface area contributed by atoms with E-state index in [4.69, 9.17) is 9.05 Å². The Morgan fingerprint density at radius 1 is 0.762 bits per heavy atom. The van der Waals surface area contributed by atoms with Crippen LogP contribution in [0.5, 0.6) is 11.5 Å². The molecule has 0 heterocycles. The molecular formula is C16H19O4P. The van der Waals surface area contributed by atoms with Crippen molar-refractivity contribution in [1.29, 1.82) is 0 Å². The zero-order valence-corrected chi connectivity index (χ0v) is 13.5. The highest BCUT2D eigenvalue weighted by atomic mass is 31.2. The van der Waals surface area contributed by atoms with Crippen molar-refractivity contribution in [2.24, 2.45) is 0 Å². The molecule has 0 saturated carbocycles. The Hall–Kier alpha value is -1.77. The first kappa shape index (κ1) is 15.6. The summed E-state index contributed by atoms with van der Waals surface area (Å²) >= 11 is 0. The van der Waals surface area contributed by atoms with Crippen LogP contribution in [-0.2, 0) is 4.57 Å². The van der Waals surface area contributed by atoms with Gasteiger partial charge in [0.15, 0.2) is 0 Å². The molecule has 0 spiro atoms. The Morgan fingerprint density at radius 2 is 1.14 bits per heavy atom. The highest BCUT2D eigenvalue weighted by Crippen LogP contribution is 2.44. The second-order valence-electron chi connectivity index (χ2n) is 5.14. The van der Waals surface area contributed by atoms with Gasteiger partial charge in [0.05, 0.1) is 0 Å². The molecule has 0 amide bonds. The summed E-state index contributed by atoms with van der Waals surface area (Å²) in [5.41, 5.74) is 4.15. The highest BCUT2D eigenvalue weighted by molar-refractivity contribution is 7.48. The largest absolute Gasteiger partial charge is 0.584 e. The predicted molar refractivity (Wildman–Crippen MR) is 82.9 cm³/mol. The fourth-order valence-electron chi connectivity index (χ4n) is 1.83. The smallest absolute Gasteiger partial charge is 0.395 e. The number of phosphoric acid groups is 1. The summed E-state index contributed by atoms with van der Waals surface area (Å²) in [5, 5.41) is 0. The summed E-state index contributed by atoms with van der Waals surface area (Å²) in [7, 11) is -4.21. The standard InChI is InChI=1S/C16H19O4P/c1-11-5-7-15(9-13(11)3)19-21(17,18)20-16-8-6-12(2)14(4)10-16/h5-10H,1-4H3,(H,17,18). The second kappa shape index (κ2) is 5.92. The molecule has 0 atom stereocenters. The lowest BCUT2D eigenvalue weighted by Crippen LogP contribution is -2.00. The molecule has 0 fully saturated rings. The van der Waals surface area contributed by atoms with Crippen molar-refractivity contribution < 1.29 is 18.5 Å². The van der Waals surface area contributed by atoms with E-state index >= 15 is 0 Å². The molecule has 21 heavy (non-hydrogen) atoms. The minimum absolute atomic E-state index is 0.313. The van der Waals surface area contributed by atoms with Gasteiger partial charge < -0.3 is 9.05 Å². The van der Waals surface area contributed by atoms with Crippen LogP contribution < -0.4 is 9.05 Å². The minimum atomic E-state index is -4.21. The third-order valence-electron chi connectivity index (χ3n) is 3.40. The van der Waals surface area contributed by atoms with Crippen LogP contribution in [0.3, 0.4) is 0 Å². The normalized spacial score (nSPS) is 11.3. The number of rotatable bonds is 4. The van der Waals surface area contributed by atoms with Gasteiger partial charge in [-0.25, -0.2) is 4.57 Å². The van der Waals surface area contributed by atoms with E-state index in [2.05, 4.69) is 0 Å². The Bertz CT molecular complexity index is 652. The van der Waals surface area contributed by atoms with Crippen molar-refractivity contribution in [1.82, 2.24) is 0 Å². The van der Waals surface area contributed by atoms with E-state index < -0.39 is 7.82 Å². The van der Waals surface area contributed by atoms with Gasteiger partial charge in [0, 0.05) is 0 Å². The maximum Gasteiger partial charge on any atom is 0.584 e. The third kappa shape index (κ3) is 4.10. The van der Waals surface area contributed by atoms with E-state index in [9.17, 15) is 9.46 Å². The fourth-order valence-corrected chi connectivity index (χ4v) is 2.62. The lowest BCUT2D eigenvalue weighted by Gasteiger charge is -2.15. The third-order valence-corrected chi connectivity index (χ3v) is 4.28. The molecule has 1 N–H and O–H groups in total. The fraction of sp³-hybridized carbons (Fsp3) is 0.250. The van der Waals surface area contributed by atoms with Gasteiger partial charge in [-0.05, 0) is 74.2 Å². The topological polar surface area (TPSA) is 55.8 Å². The van der Waals surface area contributed by atoms with Crippen LogP contribution in [0.4, 0.5) is 0 Å². The van der Waals surface area contributed by atoms with Crippen LogP contribution in [0.2, 0.25) is 0 Å². The summed E-state index contributed by atoms with van der Waals surface area (Å²) in [4.78, 5) is 9.85. The maximum atomic E-state index is 12.1. The van der Waals surface area contributed by atoms with Crippen molar-refractivity contribution in [2.45, 2.75) is 27.7 Å². The number of hydrogen-bond acceptors (Lipinski definition) is 3. The zero-order chi connectivity index (χ0) is 15.6. The average molecular weight is 306 g/mol. The van der Waals surface area contributed by atoms with Crippen LogP contribution in [-0.4, -0.2) is 4.89 Å². The second-order valence-corrected chi connectivity index (χ2v) is 6.45. The number of aryl methyl sites for hydroxylation is 4. The molecule has 0 aromatic heterocycles. The van der Waals surface area contributed by atoms with Gasteiger partial charge in [-0.15, -0.1) is 0 Å². The van der Waals surface area contributed by atoms with E-state index in [1.54, 1.807) is 24.3 Å². The summed E-state index contributed by atoms with van der Waals surface area (Å²) in [6.07, 6.45) is 0. The molecule has 0 aliphatic rings. The molecule has 4 nitrogen and oxygen atoms in total. The molecule has 5 heteroatoms. The van der Waals surface area contributed by atoms with Gasteiger partial charge in [0.2, 0.25) is 0 Å². The minimum Gasteiger partial charge on any atom is -0.395 e. The number of hydrogen-bond donors (Lipinski definition) is 1. The van der Waals surface area contributed by atoms with E-state index in [0.717, 1.165) is 22.3 Å². The zero-order valence-electron chi connectivity index (χ0n) is 12.6. The Balaban J connectivity index is 2.15. The predicted octanol–water partition coefficient (Wildman–Crippen LogP) is 4.48. The van der Waals surface area contributed by atoms with Gasteiger partial charge in [0.25, 0.3) is 0 Å². The van der Waals surface area contributed by atoms with Crippen molar-refractivity contribution in [3.8, 4) is 11.5 Å². The molecule has 0 radical (unpaired) electrons. The summed E-state index contributed by atoms with van der Waals surface area (Å²) in [5.74, 6) is 0.625. The van der Waals surface area contributed by atoms with Gasteiger partial charge in [-0.2, -0.15) is 0 Å². The lowest BCUT2D eigenvalue weighted by molar-refractivity contribution is 0.291. The Labute approximate surface area is 125 Å². The van der Waals surface area contributed by atoms with Crippen molar-refractivity contribution in [3.63, 3.8) is 0 Å². The SMILES string of the molecule is Cc1ccc(OP(=O)(O)Oc2ccc(C)c(C)c2)cc1C. The van der Waals surface area contributed by atoms with Crippen LogP contribution in [0.1, 0.15) is 22.3 Å². The average Bonchev–Trinajstić information content (AvgIpc) is 2.37. The summed E-state index contributed by atoms with van der Waals surface area (Å²) in [6.45, 7) is 7.75. The first-order chi connectivity index (χ1) is 9.77. The number of phosphoric ester groups is 1. The van der Waals surface area contributed by atoms with E-state index in [1.165, 1.54) is 0 Å². The molecule has 0 unspecified atom stereocenters. The van der Waals surface area contributed by atoms with Crippen LogP contribution in [0, 0.1) is 27.7 Å². The molecule has 0 saturated heterocycles. The highest BCUT2D eigenvalue weighted by Gasteiger charge is 2.25.